The summed E-state index contributed by atoms with van der Waals surface area (Å²) in [7, 11) is 0. The number of aryl methyl sites for hydroxylation is 1. The van der Waals surface area contributed by atoms with Crippen LogP contribution in [0.15, 0.2) is 42.5 Å². The van der Waals surface area contributed by atoms with E-state index in [9.17, 15) is 9.90 Å². The van der Waals surface area contributed by atoms with Crippen LogP contribution in [0.25, 0.3) is 0 Å². The maximum atomic E-state index is 12.6. The summed E-state index contributed by atoms with van der Waals surface area (Å²) in [4.78, 5) is 14.4. The predicted molar refractivity (Wildman–Crippen MR) is 103 cm³/mol. The van der Waals surface area contributed by atoms with E-state index in [4.69, 9.17) is 9.47 Å². The molecule has 0 bridgehead atoms. The Morgan fingerprint density at radius 3 is 2.59 bits per heavy atom. The van der Waals surface area contributed by atoms with Crippen molar-refractivity contribution in [2.45, 2.75) is 39.3 Å². The zero-order valence-corrected chi connectivity index (χ0v) is 15.8. The Kier molecular flexibility index (Phi) is 6.06. The average Bonchev–Trinajstić information content (AvgIpc) is 3.13. The summed E-state index contributed by atoms with van der Waals surface area (Å²) in [6.45, 7) is 5.35. The summed E-state index contributed by atoms with van der Waals surface area (Å²) in [5.74, 6) is 1.74. The van der Waals surface area contributed by atoms with Gasteiger partial charge in [0.25, 0.3) is 0 Å². The number of nitrogens with zero attached hydrogens (tertiary/aromatic N) is 1. The van der Waals surface area contributed by atoms with Gasteiger partial charge in [0.05, 0.1) is 0 Å². The highest BCUT2D eigenvalue weighted by Gasteiger charge is 2.17. The largest absolute Gasteiger partial charge is 0.508 e. The number of ether oxygens (including phenoxy) is 2. The van der Waals surface area contributed by atoms with Gasteiger partial charge in [0.15, 0.2) is 11.5 Å². The first-order valence-corrected chi connectivity index (χ1v) is 9.27. The summed E-state index contributed by atoms with van der Waals surface area (Å²) in [5, 5.41) is 12.4. The molecule has 0 saturated carbocycles. The van der Waals surface area contributed by atoms with Crippen LogP contribution in [-0.2, 0) is 13.0 Å². The Morgan fingerprint density at radius 1 is 1.15 bits per heavy atom. The molecule has 2 aromatic rings. The maximum absolute atomic E-state index is 12.6. The molecule has 27 heavy (non-hydrogen) atoms. The molecule has 1 aliphatic rings. The smallest absolute Gasteiger partial charge is 0.317 e. The zero-order chi connectivity index (χ0) is 19.2. The number of rotatable bonds is 7. The third-order valence-electron chi connectivity index (χ3n) is 4.65. The van der Waals surface area contributed by atoms with Crippen LogP contribution in [-0.4, -0.2) is 35.4 Å². The first kappa shape index (κ1) is 18.9. The molecule has 2 N–H and O–H groups in total. The lowest BCUT2D eigenvalue weighted by molar-refractivity contribution is 0.173. The number of carbonyl (C=O) groups excluding carboxylic acids is 1. The Morgan fingerprint density at radius 2 is 1.85 bits per heavy atom. The van der Waals surface area contributed by atoms with Crippen LogP contribution in [0.2, 0.25) is 0 Å². The molecule has 0 aliphatic carbocycles. The standard InChI is InChI=1S/C21H26N2O4/c1-3-23(13-17-8-11-19-20(12-17)27-14-26-19)21(25)22-15(2)4-5-16-6-9-18(24)10-7-16/h6-12,15,24H,3-5,13-14H2,1-2H3,(H,22,25). The fourth-order valence-electron chi connectivity index (χ4n) is 3.01. The topological polar surface area (TPSA) is 71.0 Å². The van der Waals surface area contributed by atoms with Crippen molar-refractivity contribution in [1.82, 2.24) is 10.2 Å². The number of hydrogen-bond acceptors (Lipinski definition) is 4. The Hall–Kier alpha value is -2.89. The first-order chi connectivity index (χ1) is 13.0. The van der Waals surface area contributed by atoms with Crippen molar-refractivity contribution >= 4 is 6.03 Å². The molecular formula is C21H26N2O4. The molecule has 3 rings (SSSR count). The van der Waals surface area contributed by atoms with Crippen LogP contribution in [0.3, 0.4) is 0 Å². The van der Waals surface area contributed by atoms with E-state index < -0.39 is 0 Å². The molecule has 1 aliphatic heterocycles. The van der Waals surface area contributed by atoms with Crippen molar-refractivity contribution < 1.29 is 19.4 Å². The van der Waals surface area contributed by atoms with Gasteiger partial charge in [0.2, 0.25) is 6.79 Å². The maximum Gasteiger partial charge on any atom is 0.317 e. The van der Waals surface area contributed by atoms with Crippen molar-refractivity contribution in [2.24, 2.45) is 0 Å². The summed E-state index contributed by atoms with van der Waals surface area (Å²) >= 11 is 0. The number of nitrogens with one attached hydrogen (secondary N) is 1. The van der Waals surface area contributed by atoms with E-state index in [1.54, 1.807) is 17.0 Å². The van der Waals surface area contributed by atoms with E-state index in [1.165, 1.54) is 0 Å². The molecule has 0 fully saturated rings. The second kappa shape index (κ2) is 8.66. The summed E-state index contributed by atoms with van der Waals surface area (Å²) in [6, 6.07) is 12.9. The highest BCUT2D eigenvalue weighted by Crippen LogP contribution is 2.32. The van der Waals surface area contributed by atoms with Crippen molar-refractivity contribution in [1.29, 1.82) is 0 Å². The molecule has 0 aromatic heterocycles. The molecule has 144 valence electrons. The predicted octanol–water partition coefficient (Wildman–Crippen LogP) is 3.67. The molecule has 0 radical (unpaired) electrons. The number of phenolic OH excluding ortho intramolecular Hbond substituents is 1. The van der Waals surface area contributed by atoms with Crippen molar-refractivity contribution in [2.75, 3.05) is 13.3 Å². The van der Waals surface area contributed by atoms with Gasteiger partial charge in [0.1, 0.15) is 5.75 Å². The van der Waals surface area contributed by atoms with Crippen LogP contribution >= 0.6 is 0 Å². The lowest BCUT2D eigenvalue weighted by Gasteiger charge is -2.24. The lowest BCUT2D eigenvalue weighted by Crippen LogP contribution is -2.43. The van der Waals surface area contributed by atoms with Gasteiger partial charge in [-0.1, -0.05) is 18.2 Å². The Balaban J connectivity index is 1.51. The third kappa shape index (κ3) is 5.06. The van der Waals surface area contributed by atoms with E-state index in [1.807, 2.05) is 44.2 Å². The van der Waals surface area contributed by atoms with Gasteiger partial charge in [-0.25, -0.2) is 4.79 Å². The van der Waals surface area contributed by atoms with E-state index in [2.05, 4.69) is 5.32 Å². The van der Waals surface area contributed by atoms with E-state index >= 15 is 0 Å². The number of fused-ring (bicyclic) bond motifs is 1. The quantitative estimate of drug-likeness (QED) is 0.780. The Labute approximate surface area is 159 Å². The van der Waals surface area contributed by atoms with E-state index in [-0.39, 0.29) is 24.6 Å². The lowest BCUT2D eigenvalue weighted by atomic mass is 10.1. The molecule has 1 atom stereocenters. The van der Waals surface area contributed by atoms with Crippen LogP contribution in [0.4, 0.5) is 4.79 Å². The van der Waals surface area contributed by atoms with E-state index in [0.29, 0.717) is 13.1 Å². The summed E-state index contributed by atoms with van der Waals surface area (Å²) in [5.41, 5.74) is 2.15. The summed E-state index contributed by atoms with van der Waals surface area (Å²) < 4.78 is 10.7. The Bertz CT molecular complexity index is 776. The minimum absolute atomic E-state index is 0.0529. The molecule has 6 heteroatoms. The van der Waals surface area contributed by atoms with Gasteiger partial charge >= 0.3 is 6.03 Å². The van der Waals surface area contributed by atoms with Gasteiger partial charge in [-0.3, -0.25) is 0 Å². The fourth-order valence-corrected chi connectivity index (χ4v) is 3.01. The molecule has 1 heterocycles. The number of carbonyl (C=O) groups is 1. The van der Waals surface area contributed by atoms with E-state index in [0.717, 1.165) is 35.5 Å². The van der Waals surface area contributed by atoms with Crippen LogP contribution < -0.4 is 14.8 Å². The number of amides is 2. The van der Waals surface area contributed by atoms with Gasteiger partial charge in [-0.05, 0) is 62.1 Å². The minimum Gasteiger partial charge on any atom is -0.508 e. The van der Waals surface area contributed by atoms with Gasteiger partial charge in [0, 0.05) is 19.1 Å². The second-order valence-corrected chi connectivity index (χ2v) is 6.76. The molecule has 2 amide bonds. The van der Waals surface area contributed by atoms with Crippen LogP contribution in [0, 0.1) is 0 Å². The molecule has 0 spiro atoms. The van der Waals surface area contributed by atoms with Gasteiger partial charge in [-0.2, -0.15) is 0 Å². The number of benzene rings is 2. The monoisotopic (exact) mass is 370 g/mol. The van der Waals surface area contributed by atoms with Crippen molar-refractivity contribution in [3.63, 3.8) is 0 Å². The molecule has 1 unspecified atom stereocenters. The van der Waals surface area contributed by atoms with Crippen LogP contribution in [0.5, 0.6) is 17.2 Å². The first-order valence-electron chi connectivity index (χ1n) is 9.27. The second-order valence-electron chi connectivity index (χ2n) is 6.76. The molecular weight excluding hydrogens is 344 g/mol. The molecule has 0 saturated heterocycles. The average molecular weight is 370 g/mol. The molecule has 6 nitrogen and oxygen atoms in total. The van der Waals surface area contributed by atoms with Crippen LogP contribution in [0.1, 0.15) is 31.4 Å². The summed E-state index contributed by atoms with van der Waals surface area (Å²) in [6.07, 6.45) is 1.67. The normalized spacial score (nSPS) is 13.3. The number of hydrogen-bond donors (Lipinski definition) is 2. The van der Waals surface area contributed by atoms with Crippen molar-refractivity contribution in [3.8, 4) is 17.2 Å². The van der Waals surface area contributed by atoms with Gasteiger partial charge < -0.3 is 24.8 Å². The highest BCUT2D eigenvalue weighted by atomic mass is 16.7. The van der Waals surface area contributed by atoms with Gasteiger partial charge in [-0.15, -0.1) is 0 Å². The highest BCUT2D eigenvalue weighted by molar-refractivity contribution is 5.74. The third-order valence-corrected chi connectivity index (χ3v) is 4.65. The zero-order valence-electron chi connectivity index (χ0n) is 15.8. The fraction of sp³-hybridized carbons (Fsp3) is 0.381. The number of phenols is 1. The SMILES string of the molecule is CCN(Cc1ccc2c(c1)OCO2)C(=O)NC(C)CCc1ccc(O)cc1. The number of aromatic hydroxyl groups is 1. The number of urea groups is 1. The molecule has 2 aromatic carbocycles. The minimum atomic E-state index is -0.0756. The van der Waals surface area contributed by atoms with Crippen molar-refractivity contribution in [3.05, 3.63) is 53.6 Å².